The fourth-order valence-corrected chi connectivity index (χ4v) is 3.84. The highest BCUT2D eigenvalue weighted by atomic mass is 35.5. The Balaban J connectivity index is 1.74. The number of aromatic nitrogens is 3. The third-order valence-electron chi connectivity index (χ3n) is 4.73. The van der Waals surface area contributed by atoms with Crippen molar-refractivity contribution in [2.75, 3.05) is 25.0 Å². The van der Waals surface area contributed by atoms with Crippen LogP contribution in [0.4, 0.5) is 5.82 Å². The molecule has 0 unspecified atom stereocenters. The maximum atomic E-state index is 6.27. The van der Waals surface area contributed by atoms with Crippen molar-refractivity contribution in [2.45, 2.75) is 31.8 Å². The molecule has 0 amide bonds. The molecule has 6 heteroatoms. The Hall–Kier alpha value is -1.46. The van der Waals surface area contributed by atoms with Crippen LogP contribution in [-0.4, -0.2) is 52.1 Å². The average Bonchev–Trinajstić information content (AvgIpc) is 2.47. The molecule has 21 heavy (non-hydrogen) atoms. The van der Waals surface area contributed by atoms with Crippen molar-refractivity contribution in [3.63, 3.8) is 0 Å². The summed E-state index contributed by atoms with van der Waals surface area (Å²) in [7, 11) is 2.22. The number of hydrogen-bond donors (Lipinski definition) is 0. The van der Waals surface area contributed by atoms with Crippen molar-refractivity contribution in [1.29, 1.82) is 0 Å². The van der Waals surface area contributed by atoms with Gasteiger partial charge in [0.05, 0.1) is 11.7 Å². The first-order chi connectivity index (χ1) is 10.1. The van der Waals surface area contributed by atoms with E-state index in [4.69, 9.17) is 11.6 Å². The zero-order valence-electron chi connectivity index (χ0n) is 12.3. The summed E-state index contributed by atoms with van der Waals surface area (Å²) in [6.45, 7) is 4.01. The van der Waals surface area contributed by atoms with Crippen molar-refractivity contribution in [1.82, 2.24) is 19.9 Å². The Morgan fingerprint density at radius 3 is 2.71 bits per heavy atom. The van der Waals surface area contributed by atoms with E-state index in [-0.39, 0.29) is 0 Å². The third kappa shape index (κ3) is 2.15. The van der Waals surface area contributed by atoms with Gasteiger partial charge in [0.15, 0.2) is 0 Å². The van der Waals surface area contributed by atoms with Gasteiger partial charge in [0.1, 0.15) is 16.8 Å². The van der Waals surface area contributed by atoms with Gasteiger partial charge in [-0.15, -0.1) is 0 Å². The summed E-state index contributed by atoms with van der Waals surface area (Å²) in [5.74, 6) is 1.68. The Morgan fingerprint density at radius 1 is 1.19 bits per heavy atom. The number of fused-ring (bicyclic) bond motifs is 4. The fraction of sp³-hybridized carbons (Fsp3) is 0.533. The van der Waals surface area contributed by atoms with Gasteiger partial charge in [0.25, 0.3) is 0 Å². The molecule has 2 atom stereocenters. The number of anilines is 1. The summed E-state index contributed by atoms with van der Waals surface area (Å²) in [6, 6.07) is 3.23. The molecule has 0 saturated carbocycles. The number of halogens is 1. The Kier molecular flexibility index (Phi) is 3.01. The first kappa shape index (κ1) is 13.2. The molecule has 2 bridgehead atoms. The summed E-state index contributed by atoms with van der Waals surface area (Å²) >= 11 is 6.27. The van der Waals surface area contributed by atoms with Gasteiger partial charge >= 0.3 is 0 Å². The zero-order chi connectivity index (χ0) is 14.6. The topological polar surface area (TPSA) is 45.2 Å². The molecule has 3 aliphatic heterocycles. The molecule has 0 aliphatic carbocycles. The lowest BCUT2D eigenvalue weighted by atomic mass is 9.91. The van der Waals surface area contributed by atoms with Crippen LogP contribution < -0.4 is 4.90 Å². The van der Waals surface area contributed by atoms with Gasteiger partial charge in [-0.2, -0.15) is 0 Å². The predicted molar refractivity (Wildman–Crippen MR) is 83.9 cm³/mol. The van der Waals surface area contributed by atoms with E-state index in [1.165, 1.54) is 12.8 Å². The average molecular weight is 304 g/mol. The second kappa shape index (κ2) is 4.78. The van der Waals surface area contributed by atoms with E-state index in [0.717, 1.165) is 29.8 Å². The SMILES string of the molecule is Cc1nc(Cl)c2cc(N3C[C@H]4CC[C@@H]3CN4C)ncc2n1. The van der Waals surface area contributed by atoms with Crippen molar-refractivity contribution in [3.05, 3.63) is 23.2 Å². The molecule has 3 aliphatic rings. The van der Waals surface area contributed by atoms with Crippen LogP contribution in [0, 0.1) is 6.92 Å². The summed E-state index contributed by atoms with van der Waals surface area (Å²) in [6.07, 6.45) is 4.35. The van der Waals surface area contributed by atoms with Crippen LogP contribution in [-0.2, 0) is 0 Å². The predicted octanol–water partition coefficient (Wildman–Crippen LogP) is 2.27. The van der Waals surface area contributed by atoms with Gasteiger partial charge in [-0.05, 0) is 32.9 Å². The molecule has 110 valence electrons. The Morgan fingerprint density at radius 2 is 2.00 bits per heavy atom. The molecule has 0 radical (unpaired) electrons. The smallest absolute Gasteiger partial charge is 0.140 e. The number of pyridine rings is 1. The van der Waals surface area contributed by atoms with E-state index in [2.05, 4.69) is 31.8 Å². The molecule has 0 spiro atoms. The molecule has 3 saturated heterocycles. The zero-order valence-corrected chi connectivity index (χ0v) is 13.0. The van der Waals surface area contributed by atoms with Crippen LogP contribution in [0.3, 0.4) is 0 Å². The quantitative estimate of drug-likeness (QED) is 0.756. The number of likely N-dealkylation sites (N-methyl/N-ethyl adjacent to an activating group) is 1. The molecule has 2 aromatic heterocycles. The molecular formula is C15H18ClN5. The van der Waals surface area contributed by atoms with E-state index in [1.807, 2.05) is 19.2 Å². The first-order valence-corrected chi connectivity index (χ1v) is 7.76. The van der Waals surface area contributed by atoms with Crippen LogP contribution in [0.5, 0.6) is 0 Å². The molecule has 5 heterocycles. The van der Waals surface area contributed by atoms with Gasteiger partial charge < -0.3 is 4.90 Å². The Labute approximate surface area is 129 Å². The van der Waals surface area contributed by atoms with Gasteiger partial charge in [0.2, 0.25) is 0 Å². The molecular weight excluding hydrogens is 286 g/mol. The van der Waals surface area contributed by atoms with Crippen LogP contribution in [0.25, 0.3) is 10.9 Å². The minimum absolute atomic E-state index is 0.514. The maximum absolute atomic E-state index is 6.27. The number of rotatable bonds is 1. The monoisotopic (exact) mass is 303 g/mol. The maximum Gasteiger partial charge on any atom is 0.140 e. The molecule has 5 rings (SSSR count). The molecule has 0 N–H and O–H groups in total. The molecule has 0 aromatic carbocycles. The van der Waals surface area contributed by atoms with Crippen LogP contribution in [0.15, 0.2) is 12.3 Å². The highest BCUT2D eigenvalue weighted by molar-refractivity contribution is 6.34. The number of piperazine rings is 1. The van der Waals surface area contributed by atoms with Gasteiger partial charge in [0, 0.05) is 30.6 Å². The van der Waals surface area contributed by atoms with E-state index >= 15 is 0 Å². The van der Waals surface area contributed by atoms with E-state index in [9.17, 15) is 0 Å². The number of aryl methyl sites for hydroxylation is 1. The lowest BCUT2D eigenvalue weighted by Crippen LogP contribution is -2.61. The van der Waals surface area contributed by atoms with Crippen LogP contribution in [0.1, 0.15) is 18.7 Å². The minimum Gasteiger partial charge on any atom is -0.351 e. The molecule has 5 nitrogen and oxygen atoms in total. The number of hydrogen-bond acceptors (Lipinski definition) is 5. The van der Waals surface area contributed by atoms with Gasteiger partial charge in [-0.25, -0.2) is 15.0 Å². The third-order valence-corrected chi connectivity index (χ3v) is 5.02. The number of piperidine rings is 2. The van der Waals surface area contributed by atoms with Crippen molar-refractivity contribution < 1.29 is 0 Å². The Bertz CT molecular complexity index is 704. The summed E-state index contributed by atoms with van der Waals surface area (Å²) in [5, 5.41) is 1.41. The van der Waals surface area contributed by atoms with Gasteiger partial charge in [-0.1, -0.05) is 11.6 Å². The van der Waals surface area contributed by atoms with E-state index in [1.54, 1.807) is 0 Å². The fourth-order valence-electron chi connectivity index (χ4n) is 3.57. The van der Waals surface area contributed by atoms with Gasteiger partial charge in [-0.3, -0.25) is 4.90 Å². The van der Waals surface area contributed by atoms with Crippen LogP contribution in [0.2, 0.25) is 5.15 Å². The van der Waals surface area contributed by atoms with Crippen molar-refractivity contribution in [2.24, 2.45) is 0 Å². The lowest BCUT2D eigenvalue weighted by molar-refractivity contribution is 0.124. The normalized spacial score (nSPS) is 25.8. The first-order valence-electron chi connectivity index (χ1n) is 7.38. The minimum atomic E-state index is 0.514. The summed E-state index contributed by atoms with van der Waals surface area (Å²) < 4.78 is 0. The second-order valence-electron chi connectivity index (χ2n) is 6.10. The summed E-state index contributed by atoms with van der Waals surface area (Å²) in [5.41, 5.74) is 0.815. The lowest BCUT2D eigenvalue weighted by Gasteiger charge is -2.50. The van der Waals surface area contributed by atoms with Crippen LogP contribution >= 0.6 is 11.6 Å². The number of nitrogens with zero attached hydrogens (tertiary/aromatic N) is 5. The van der Waals surface area contributed by atoms with E-state index in [0.29, 0.717) is 23.1 Å². The highest BCUT2D eigenvalue weighted by Gasteiger charge is 2.37. The second-order valence-corrected chi connectivity index (χ2v) is 6.46. The standard InChI is InChI=1S/C15H18ClN5/c1-9-18-13-6-17-14(5-12(13)15(16)19-9)21-8-10-3-4-11(21)7-20(10)2/h5-6,10-11H,3-4,7-8H2,1-2H3/t10-,11-/m1/s1. The largest absolute Gasteiger partial charge is 0.351 e. The van der Waals surface area contributed by atoms with E-state index < -0.39 is 0 Å². The molecule has 3 fully saturated rings. The van der Waals surface area contributed by atoms with Crippen molar-refractivity contribution >= 4 is 28.3 Å². The highest BCUT2D eigenvalue weighted by Crippen LogP contribution is 2.32. The summed E-state index contributed by atoms with van der Waals surface area (Å²) in [4.78, 5) is 18.1. The van der Waals surface area contributed by atoms with Crippen molar-refractivity contribution in [3.8, 4) is 0 Å². The molecule has 2 aromatic rings.